The maximum Gasteiger partial charge on any atom is 0.0880 e. The first-order valence-electron chi connectivity index (χ1n) is 4.85. The highest BCUT2D eigenvalue weighted by molar-refractivity contribution is 4.92. The normalized spacial score (nSPS) is 43.5. The summed E-state index contributed by atoms with van der Waals surface area (Å²) in [7, 11) is 0. The summed E-state index contributed by atoms with van der Waals surface area (Å²) >= 11 is 0. The predicted octanol–water partition coefficient (Wildman–Crippen LogP) is 1.55. The van der Waals surface area contributed by atoms with Crippen molar-refractivity contribution in [1.29, 1.82) is 0 Å². The fourth-order valence-electron chi connectivity index (χ4n) is 2.16. The van der Waals surface area contributed by atoms with Gasteiger partial charge in [0.1, 0.15) is 0 Å². The van der Waals surface area contributed by atoms with Crippen LogP contribution < -0.4 is 0 Å². The molecule has 0 aromatic carbocycles. The molecule has 2 N–H and O–H groups in total. The van der Waals surface area contributed by atoms with Gasteiger partial charge in [0.2, 0.25) is 0 Å². The molecule has 0 amide bonds. The van der Waals surface area contributed by atoms with Gasteiger partial charge in [0.25, 0.3) is 0 Å². The zero-order valence-electron chi connectivity index (χ0n) is 8.25. The Morgan fingerprint density at radius 3 is 2.42 bits per heavy atom. The van der Waals surface area contributed by atoms with E-state index >= 15 is 0 Å². The highest BCUT2D eigenvalue weighted by Gasteiger charge is 2.40. The molecule has 0 bridgehead atoms. The predicted molar refractivity (Wildman–Crippen MR) is 48.8 cm³/mol. The van der Waals surface area contributed by atoms with Crippen molar-refractivity contribution in [2.45, 2.75) is 51.7 Å². The second kappa shape index (κ2) is 3.35. The largest absolute Gasteiger partial charge is 0.390 e. The minimum Gasteiger partial charge on any atom is -0.390 e. The molecule has 0 saturated heterocycles. The van der Waals surface area contributed by atoms with Crippen LogP contribution in [0.1, 0.15) is 40.0 Å². The Labute approximate surface area is 74.6 Å². The molecule has 3 atom stereocenters. The molecule has 0 radical (unpaired) electrons. The number of hydrogen-bond donors (Lipinski definition) is 2. The van der Waals surface area contributed by atoms with Crippen LogP contribution in [0.2, 0.25) is 0 Å². The van der Waals surface area contributed by atoms with E-state index in [4.69, 9.17) is 0 Å². The Hall–Kier alpha value is -0.0800. The van der Waals surface area contributed by atoms with Crippen LogP contribution in [-0.4, -0.2) is 21.9 Å². The average Bonchev–Trinajstić information content (AvgIpc) is 1.94. The van der Waals surface area contributed by atoms with Gasteiger partial charge in [0.05, 0.1) is 11.7 Å². The van der Waals surface area contributed by atoms with Gasteiger partial charge in [-0.15, -0.1) is 0 Å². The Bertz CT molecular complexity index is 152. The topological polar surface area (TPSA) is 40.5 Å². The number of rotatable bonds is 1. The van der Waals surface area contributed by atoms with Gasteiger partial charge in [-0.3, -0.25) is 0 Å². The molecule has 0 aliphatic heterocycles. The summed E-state index contributed by atoms with van der Waals surface area (Å²) in [6.45, 7) is 5.96. The van der Waals surface area contributed by atoms with Gasteiger partial charge in [0.15, 0.2) is 0 Å². The van der Waals surface area contributed by atoms with E-state index in [1.54, 1.807) is 6.92 Å². The van der Waals surface area contributed by atoms with E-state index in [1.807, 2.05) is 0 Å². The molecule has 1 aliphatic rings. The van der Waals surface area contributed by atoms with Gasteiger partial charge in [-0.05, 0) is 31.6 Å². The van der Waals surface area contributed by atoms with E-state index in [1.165, 1.54) is 0 Å². The fraction of sp³-hybridized carbons (Fsp3) is 1.00. The molecule has 1 rings (SSSR count). The first-order chi connectivity index (χ1) is 5.45. The van der Waals surface area contributed by atoms with Gasteiger partial charge in [0, 0.05) is 0 Å². The third kappa shape index (κ3) is 1.80. The molecule has 12 heavy (non-hydrogen) atoms. The Morgan fingerprint density at radius 2 is 2.00 bits per heavy atom. The lowest BCUT2D eigenvalue weighted by Crippen LogP contribution is -2.48. The molecule has 1 aliphatic carbocycles. The first kappa shape index (κ1) is 10.0. The van der Waals surface area contributed by atoms with Crippen molar-refractivity contribution in [3.63, 3.8) is 0 Å². The molecule has 3 unspecified atom stereocenters. The molecule has 0 spiro atoms. The minimum atomic E-state index is -0.854. The highest BCUT2D eigenvalue weighted by atomic mass is 16.3. The van der Waals surface area contributed by atoms with E-state index < -0.39 is 11.7 Å². The van der Waals surface area contributed by atoms with E-state index in [9.17, 15) is 10.2 Å². The minimum absolute atomic E-state index is 0.272. The SMILES string of the molecule is CC(C)C1CCCC(C)(O)C1O. The maximum atomic E-state index is 9.82. The van der Waals surface area contributed by atoms with Crippen LogP contribution in [0.4, 0.5) is 0 Å². The number of hydrogen-bond acceptors (Lipinski definition) is 2. The molecule has 0 aromatic rings. The summed E-state index contributed by atoms with van der Waals surface area (Å²) in [5, 5.41) is 19.6. The van der Waals surface area contributed by atoms with Crippen LogP contribution >= 0.6 is 0 Å². The summed E-state index contributed by atoms with van der Waals surface area (Å²) in [5.41, 5.74) is -0.854. The van der Waals surface area contributed by atoms with Crippen molar-refractivity contribution >= 4 is 0 Å². The molecule has 1 fully saturated rings. The third-order valence-corrected chi connectivity index (χ3v) is 3.12. The van der Waals surface area contributed by atoms with Crippen LogP contribution in [0.15, 0.2) is 0 Å². The van der Waals surface area contributed by atoms with Crippen molar-refractivity contribution in [2.24, 2.45) is 11.8 Å². The smallest absolute Gasteiger partial charge is 0.0880 e. The van der Waals surface area contributed by atoms with Crippen molar-refractivity contribution < 1.29 is 10.2 Å². The molecule has 0 heterocycles. The van der Waals surface area contributed by atoms with Gasteiger partial charge >= 0.3 is 0 Å². The van der Waals surface area contributed by atoms with Gasteiger partial charge < -0.3 is 10.2 Å². The summed E-state index contributed by atoms with van der Waals surface area (Å²) in [5.74, 6) is 0.737. The molecule has 0 aromatic heterocycles. The van der Waals surface area contributed by atoms with Crippen LogP contribution in [0.5, 0.6) is 0 Å². The maximum absolute atomic E-state index is 9.82. The standard InChI is InChI=1S/C10H20O2/c1-7(2)8-5-4-6-10(3,12)9(8)11/h7-9,11-12H,4-6H2,1-3H3. The molecule has 2 heteroatoms. The molecule has 1 saturated carbocycles. The van der Waals surface area contributed by atoms with Gasteiger partial charge in [-0.2, -0.15) is 0 Å². The van der Waals surface area contributed by atoms with Crippen LogP contribution in [0.3, 0.4) is 0 Å². The molecular weight excluding hydrogens is 152 g/mol. The molecule has 72 valence electrons. The average molecular weight is 172 g/mol. The lowest BCUT2D eigenvalue weighted by Gasteiger charge is -2.41. The number of aliphatic hydroxyl groups excluding tert-OH is 1. The monoisotopic (exact) mass is 172 g/mol. The van der Waals surface area contributed by atoms with Crippen LogP contribution in [-0.2, 0) is 0 Å². The van der Waals surface area contributed by atoms with Crippen molar-refractivity contribution in [2.75, 3.05) is 0 Å². The van der Waals surface area contributed by atoms with Crippen LogP contribution in [0.25, 0.3) is 0 Å². The zero-order chi connectivity index (χ0) is 9.35. The Morgan fingerprint density at radius 1 is 1.42 bits per heavy atom. The van der Waals surface area contributed by atoms with E-state index in [-0.39, 0.29) is 5.92 Å². The highest BCUT2D eigenvalue weighted by Crippen LogP contribution is 2.36. The van der Waals surface area contributed by atoms with Crippen molar-refractivity contribution in [1.82, 2.24) is 0 Å². The lowest BCUT2D eigenvalue weighted by atomic mass is 9.72. The zero-order valence-corrected chi connectivity index (χ0v) is 8.25. The quantitative estimate of drug-likeness (QED) is 0.630. The third-order valence-electron chi connectivity index (χ3n) is 3.12. The first-order valence-corrected chi connectivity index (χ1v) is 4.85. The van der Waals surface area contributed by atoms with Gasteiger partial charge in [-0.1, -0.05) is 20.3 Å². The van der Waals surface area contributed by atoms with Crippen molar-refractivity contribution in [3.8, 4) is 0 Å². The Balaban J connectivity index is 2.66. The molecule has 2 nitrogen and oxygen atoms in total. The summed E-state index contributed by atoms with van der Waals surface area (Å²) in [6.07, 6.45) is 2.28. The van der Waals surface area contributed by atoms with E-state index in [2.05, 4.69) is 13.8 Å². The summed E-state index contributed by atoms with van der Waals surface area (Å²) in [4.78, 5) is 0. The summed E-state index contributed by atoms with van der Waals surface area (Å²) < 4.78 is 0. The molecular formula is C10H20O2. The second-order valence-corrected chi connectivity index (χ2v) is 4.60. The van der Waals surface area contributed by atoms with E-state index in [0.717, 1.165) is 19.3 Å². The lowest BCUT2D eigenvalue weighted by molar-refractivity contribution is -0.123. The summed E-state index contributed by atoms with van der Waals surface area (Å²) in [6, 6.07) is 0. The number of aliphatic hydroxyl groups is 2. The van der Waals surface area contributed by atoms with E-state index in [0.29, 0.717) is 5.92 Å². The fourth-order valence-corrected chi connectivity index (χ4v) is 2.16. The second-order valence-electron chi connectivity index (χ2n) is 4.60. The van der Waals surface area contributed by atoms with Gasteiger partial charge in [-0.25, -0.2) is 0 Å². The van der Waals surface area contributed by atoms with Crippen molar-refractivity contribution in [3.05, 3.63) is 0 Å². The Kier molecular flexibility index (Phi) is 2.79. The van der Waals surface area contributed by atoms with Crippen LogP contribution in [0, 0.1) is 11.8 Å².